The Morgan fingerprint density at radius 3 is 3.00 bits per heavy atom. The Labute approximate surface area is 167 Å². The van der Waals surface area contributed by atoms with E-state index in [4.69, 9.17) is 16.3 Å². The predicted octanol–water partition coefficient (Wildman–Crippen LogP) is 3.86. The summed E-state index contributed by atoms with van der Waals surface area (Å²) in [7, 11) is 0. The number of thioether (sulfide) groups is 1. The molecule has 0 aliphatic heterocycles. The molecule has 1 N–H and O–H groups in total. The summed E-state index contributed by atoms with van der Waals surface area (Å²) in [6, 6.07) is 4.14. The van der Waals surface area contributed by atoms with Gasteiger partial charge in [0.25, 0.3) is 0 Å². The van der Waals surface area contributed by atoms with E-state index in [9.17, 15) is 9.18 Å². The summed E-state index contributed by atoms with van der Waals surface area (Å²) in [5.74, 6) is 0.547. The number of carbonyl (C=O) groups is 1. The predicted molar refractivity (Wildman–Crippen MR) is 103 cm³/mol. The van der Waals surface area contributed by atoms with E-state index in [1.54, 1.807) is 11.6 Å². The molecular formula is C16H15ClFN5O2S2. The molecule has 0 aliphatic carbocycles. The van der Waals surface area contributed by atoms with Crippen molar-refractivity contribution in [2.24, 2.45) is 0 Å². The van der Waals surface area contributed by atoms with Crippen molar-refractivity contribution < 1.29 is 13.9 Å². The van der Waals surface area contributed by atoms with Gasteiger partial charge in [0.05, 0.1) is 10.8 Å². The molecule has 0 unspecified atom stereocenters. The van der Waals surface area contributed by atoms with E-state index in [0.717, 1.165) is 0 Å². The number of nitrogens with one attached hydrogen (secondary N) is 1. The van der Waals surface area contributed by atoms with Crippen LogP contribution in [-0.2, 0) is 17.9 Å². The Hall–Kier alpha value is -2.17. The van der Waals surface area contributed by atoms with Gasteiger partial charge >= 0.3 is 0 Å². The molecule has 1 aromatic carbocycles. The maximum absolute atomic E-state index is 13.2. The topological polar surface area (TPSA) is 81.9 Å². The van der Waals surface area contributed by atoms with Crippen molar-refractivity contribution in [1.29, 1.82) is 0 Å². The Morgan fingerprint density at radius 1 is 1.44 bits per heavy atom. The summed E-state index contributed by atoms with van der Waals surface area (Å²) < 4.78 is 20.7. The highest BCUT2D eigenvalue weighted by Crippen LogP contribution is 2.23. The number of hydrogen-bond donors (Lipinski definition) is 1. The highest BCUT2D eigenvalue weighted by atomic mass is 35.5. The van der Waals surface area contributed by atoms with Gasteiger partial charge in [0.2, 0.25) is 5.91 Å². The minimum atomic E-state index is -0.504. The zero-order valence-corrected chi connectivity index (χ0v) is 16.6. The van der Waals surface area contributed by atoms with Gasteiger partial charge in [0, 0.05) is 24.2 Å². The average molecular weight is 428 g/mol. The van der Waals surface area contributed by atoms with Gasteiger partial charge in [-0.05, 0) is 19.1 Å². The number of halogens is 2. The molecule has 3 aromatic rings. The van der Waals surface area contributed by atoms with Crippen LogP contribution in [0.3, 0.4) is 0 Å². The van der Waals surface area contributed by atoms with Gasteiger partial charge in [-0.1, -0.05) is 23.4 Å². The van der Waals surface area contributed by atoms with E-state index in [1.165, 1.54) is 41.3 Å². The lowest BCUT2D eigenvalue weighted by molar-refractivity contribution is -0.113. The van der Waals surface area contributed by atoms with Gasteiger partial charge in [0.1, 0.15) is 18.2 Å². The molecule has 7 nitrogen and oxygen atoms in total. The summed E-state index contributed by atoms with van der Waals surface area (Å²) >= 11 is 8.38. The van der Waals surface area contributed by atoms with E-state index in [1.807, 2.05) is 11.5 Å². The second kappa shape index (κ2) is 9.16. The minimum Gasteiger partial charge on any atom is -0.486 e. The molecule has 0 radical (unpaired) electrons. The number of thiazole rings is 1. The summed E-state index contributed by atoms with van der Waals surface area (Å²) in [5.41, 5.74) is 0. The van der Waals surface area contributed by atoms with Crippen LogP contribution in [0.1, 0.15) is 12.7 Å². The van der Waals surface area contributed by atoms with E-state index in [2.05, 4.69) is 20.5 Å². The van der Waals surface area contributed by atoms with Gasteiger partial charge in [-0.25, -0.2) is 9.37 Å². The molecule has 0 saturated heterocycles. The van der Waals surface area contributed by atoms with E-state index in [0.29, 0.717) is 28.4 Å². The van der Waals surface area contributed by atoms with Gasteiger partial charge < -0.3 is 14.6 Å². The fraction of sp³-hybridized carbons (Fsp3) is 0.250. The normalized spacial score (nSPS) is 10.8. The second-order valence-corrected chi connectivity index (χ2v) is 7.43. The van der Waals surface area contributed by atoms with Crippen molar-refractivity contribution in [1.82, 2.24) is 19.7 Å². The number of benzene rings is 1. The van der Waals surface area contributed by atoms with Crippen LogP contribution in [0.5, 0.6) is 5.75 Å². The van der Waals surface area contributed by atoms with Gasteiger partial charge in [-0.15, -0.1) is 21.5 Å². The van der Waals surface area contributed by atoms with Gasteiger partial charge in [-0.2, -0.15) is 0 Å². The first-order chi connectivity index (χ1) is 13.1. The largest absolute Gasteiger partial charge is 0.486 e. The van der Waals surface area contributed by atoms with Crippen LogP contribution in [0, 0.1) is 5.82 Å². The van der Waals surface area contributed by atoms with Crippen molar-refractivity contribution in [3.63, 3.8) is 0 Å². The number of carbonyl (C=O) groups excluding carboxylic acids is 1. The molecular weight excluding hydrogens is 413 g/mol. The highest BCUT2D eigenvalue weighted by Gasteiger charge is 2.14. The number of hydrogen-bond acceptors (Lipinski definition) is 7. The molecule has 142 valence electrons. The van der Waals surface area contributed by atoms with Crippen LogP contribution in [0.4, 0.5) is 9.52 Å². The SMILES string of the molecule is CCn1c(COc2ccc(F)c(Cl)c2)nnc1SCC(=O)Nc1nccs1. The fourth-order valence-electron chi connectivity index (χ4n) is 2.14. The van der Waals surface area contributed by atoms with Crippen LogP contribution < -0.4 is 10.1 Å². The number of rotatable bonds is 8. The zero-order chi connectivity index (χ0) is 19.2. The molecule has 0 atom stereocenters. The molecule has 0 aliphatic rings. The molecule has 3 rings (SSSR count). The molecule has 0 spiro atoms. The lowest BCUT2D eigenvalue weighted by atomic mass is 10.3. The molecule has 0 fully saturated rings. The first-order valence-corrected chi connectivity index (χ1v) is 10.1. The first-order valence-electron chi connectivity index (χ1n) is 7.89. The quantitative estimate of drug-likeness (QED) is 0.550. The summed E-state index contributed by atoms with van der Waals surface area (Å²) in [4.78, 5) is 16.0. The molecule has 0 saturated carbocycles. The first kappa shape index (κ1) is 19.6. The van der Waals surface area contributed by atoms with Crippen molar-refractivity contribution >= 4 is 45.7 Å². The van der Waals surface area contributed by atoms with E-state index < -0.39 is 5.82 Å². The molecule has 2 aromatic heterocycles. The zero-order valence-electron chi connectivity index (χ0n) is 14.2. The standard InChI is InChI=1S/C16H15ClFN5O2S2/c1-2-23-13(8-25-10-3-4-12(18)11(17)7-10)21-22-16(23)27-9-14(24)20-15-19-5-6-26-15/h3-7H,2,8-9H2,1H3,(H,19,20,24). The third kappa shape index (κ3) is 5.18. The lowest BCUT2D eigenvalue weighted by Gasteiger charge is -2.09. The molecule has 1 amide bonds. The Morgan fingerprint density at radius 2 is 2.30 bits per heavy atom. The molecule has 2 heterocycles. The number of amides is 1. The summed E-state index contributed by atoms with van der Waals surface area (Å²) in [6.07, 6.45) is 1.63. The Bertz CT molecular complexity index is 920. The maximum Gasteiger partial charge on any atom is 0.236 e. The van der Waals surface area contributed by atoms with Crippen LogP contribution in [0.2, 0.25) is 5.02 Å². The van der Waals surface area contributed by atoms with E-state index in [-0.39, 0.29) is 23.3 Å². The minimum absolute atomic E-state index is 0.00746. The second-order valence-electron chi connectivity index (χ2n) is 5.18. The number of aromatic nitrogens is 4. The monoisotopic (exact) mass is 427 g/mol. The molecule has 11 heteroatoms. The fourth-order valence-corrected chi connectivity index (χ4v) is 3.67. The number of anilines is 1. The smallest absolute Gasteiger partial charge is 0.236 e. The van der Waals surface area contributed by atoms with Gasteiger partial charge in [0.15, 0.2) is 16.1 Å². The van der Waals surface area contributed by atoms with Crippen molar-refractivity contribution in [2.75, 3.05) is 11.1 Å². The van der Waals surface area contributed by atoms with Gasteiger partial charge in [-0.3, -0.25) is 4.79 Å². The van der Waals surface area contributed by atoms with Crippen molar-refractivity contribution in [3.05, 3.63) is 46.4 Å². The lowest BCUT2D eigenvalue weighted by Crippen LogP contribution is -2.14. The summed E-state index contributed by atoms with van der Waals surface area (Å²) in [6.45, 7) is 2.71. The Balaban J connectivity index is 1.58. The number of ether oxygens (including phenoxy) is 1. The summed E-state index contributed by atoms with van der Waals surface area (Å²) in [5, 5.41) is 13.9. The third-order valence-electron chi connectivity index (χ3n) is 3.38. The van der Waals surface area contributed by atoms with Crippen LogP contribution in [0.25, 0.3) is 0 Å². The average Bonchev–Trinajstić information content (AvgIpc) is 3.30. The molecule has 27 heavy (non-hydrogen) atoms. The Kier molecular flexibility index (Phi) is 6.64. The third-order valence-corrected chi connectivity index (χ3v) is 5.32. The highest BCUT2D eigenvalue weighted by molar-refractivity contribution is 7.99. The van der Waals surface area contributed by atoms with Crippen molar-refractivity contribution in [2.45, 2.75) is 25.2 Å². The number of nitrogens with zero attached hydrogens (tertiary/aromatic N) is 4. The van der Waals surface area contributed by atoms with Crippen LogP contribution >= 0.6 is 34.7 Å². The van der Waals surface area contributed by atoms with E-state index >= 15 is 0 Å². The molecule has 0 bridgehead atoms. The van der Waals surface area contributed by atoms with Crippen molar-refractivity contribution in [3.8, 4) is 5.75 Å². The maximum atomic E-state index is 13.2. The van der Waals surface area contributed by atoms with Crippen LogP contribution in [0.15, 0.2) is 34.9 Å². The van der Waals surface area contributed by atoms with Crippen LogP contribution in [-0.4, -0.2) is 31.4 Å².